The molecular weight excluding hydrogens is 796 g/mol. The van der Waals surface area contributed by atoms with Crippen LogP contribution < -0.4 is 21.3 Å². The Balaban J connectivity index is 1.66. The van der Waals surface area contributed by atoms with Crippen LogP contribution in [0.15, 0.2) is 36.4 Å². The van der Waals surface area contributed by atoms with Crippen molar-refractivity contribution < 1.29 is 64.2 Å². The number of aryl methyl sites for hydroxylation is 2. The van der Waals surface area contributed by atoms with E-state index in [1.807, 2.05) is 31.0 Å². The minimum absolute atomic E-state index is 0.0169. The normalized spacial score (nSPS) is 12.1. The Morgan fingerprint density at radius 3 is 1.77 bits per heavy atom. The van der Waals surface area contributed by atoms with Crippen LogP contribution in [0.25, 0.3) is 0 Å². The van der Waals surface area contributed by atoms with Crippen LogP contribution in [0.5, 0.6) is 11.5 Å². The van der Waals surface area contributed by atoms with Gasteiger partial charge in [0.1, 0.15) is 23.6 Å². The van der Waals surface area contributed by atoms with E-state index >= 15 is 0 Å². The summed E-state index contributed by atoms with van der Waals surface area (Å²) in [6, 6.07) is 6.70. The van der Waals surface area contributed by atoms with Crippen LogP contribution >= 0.6 is 0 Å². The molecule has 338 valence electrons. The van der Waals surface area contributed by atoms with Gasteiger partial charge in [-0.2, -0.15) is 0 Å². The number of rotatable bonds is 31. The number of urea groups is 1. The van der Waals surface area contributed by atoms with Gasteiger partial charge in [-0.15, -0.1) is 0 Å². The molecular formula is C42H62N6O13. The lowest BCUT2D eigenvalue weighted by molar-refractivity contribution is -0.141. The predicted molar refractivity (Wildman–Crippen MR) is 223 cm³/mol. The molecule has 0 saturated heterocycles. The summed E-state index contributed by atoms with van der Waals surface area (Å²) >= 11 is 0. The largest absolute Gasteiger partial charge is 0.508 e. The minimum Gasteiger partial charge on any atom is -0.508 e. The first-order valence-corrected chi connectivity index (χ1v) is 20.5. The molecule has 4 amide bonds. The number of likely N-dealkylation sites (N-methyl/N-ethyl adjacent to an activating group) is 1. The molecule has 19 heteroatoms. The van der Waals surface area contributed by atoms with Crippen molar-refractivity contribution in [3.63, 3.8) is 0 Å². The predicted octanol–water partition coefficient (Wildman–Crippen LogP) is 2.64. The highest BCUT2D eigenvalue weighted by molar-refractivity contribution is 5.86. The van der Waals surface area contributed by atoms with Gasteiger partial charge in [-0.3, -0.25) is 24.1 Å². The number of carbonyl (C=O) groups excluding carboxylic acids is 3. The smallest absolute Gasteiger partial charge is 0.326 e. The molecule has 61 heavy (non-hydrogen) atoms. The van der Waals surface area contributed by atoms with Gasteiger partial charge in [0.15, 0.2) is 0 Å². The molecule has 0 aliphatic carbocycles. The molecule has 19 nitrogen and oxygen atoms in total. The Hall–Kier alpha value is -5.95. The number of carbonyl (C=O) groups is 7. The average molecular weight is 859 g/mol. The molecule has 0 saturated carbocycles. The maximum absolute atomic E-state index is 12.5. The zero-order chi connectivity index (χ0) is 45.3. The first-order valence-electron chi connectivity index (χ1n) is 20.5. The van der Waals surface area contributed by atoms with Gasteiger partial charge in [0.25, 0.3) is 0 Å². The summed E-state index contributed by atoms with van der Waals surface area (Å²) in [4.78, 5) is 85.8. The molecule has 0 radical (unpaired) electrons. The topological polar surface area (TPSA) is 295 Å². The molecule has 0 spiro atoms. The van der Waals surface area contributed by atoms with E-state index in [0.29, 0.717) is 70.3 Å². The third-order valence-electron chi connectivity index (χ3n) is 9.83. The number of aliphatic carboxylic acids is 4. The standard InChI is InChI=1S/C42H62N6O13/c1-3-28-11-15-34(49)30(23-28)25-47(2)21-22-48(27-39(55)56)26-31-24-29(12-16-35(31)50)13-17-37(52)44-19-7-4-5-10-36(51)43-20-8-6-9-32(40(57)58)45-42(61)46-33(41(59)60)14-18-38(53)54/h11-12,15-16,23-24,32-33,49-50H,3-10,13-14,17-22,25-27H2,1-2H3,(H,43,51)(H,44,52)(H,53,54)(H,55,56)(H,57,58)(H,59,60)(H2,45,46,61)/t32-,33-/m0/s1. The molecule has 2 atom stereocenters. The monoisotopic (exact) mass is 858 g/mol. The first kappa shape index (κ1) is 51.2. The van der Waals surface area contributed by atoms with E-state index in [4.69, 9.17) is 10.2 Å². The van der Waals surface area contributed by atoms with Crippen molar-refractivity contribution in [2.75, 3.05) is 39.8 Å². The van der Waals surface area contributed by atoms with Crippen molar-refractivity contribution in [1.29, 1.82) is 0 Å². The van der Waals surface area contributed by atoms with Gasteiger partial charge >= 0.3 is 29.9 Å². The second kappa shape index (κ2) is 27.7. The van der Waals surface area contributed by atoms with Crippen LogP contribution in [0.2, 0.25) is 0 Å². The van der Waals surface area contributed by atoms with E-state index in [1.165, 1.54) is 0 Å². The second-order valence-electron chi connectivity index (χ2n) is 15.0. The maximum Gasteiger partial charge on any atom is 0.326 e. The van der Waals surface area contributed by atoms with Gasteiger partial charge in [0.2, 0.25) is 11.8 Å². The molecule has 0 unspecified atom stereocenters. The summed E-state index contributed by atoms with van der Waals surface area (Å²) in [5, 5.41) is 67.6. The number of phenols is 2. The van der Waals surface area contributed by atoms with Gasteiger partial charge in [0.05, 0.1) is 6.54 Å². The number of hydrogen-bond donors (Lipinski definition) is 10. The Morgan fingerprint density at radius 1 is 0.623 bits per heavy atom. The van der Waals surface area contributed by atoms with Gasteiger partial charge in [-0.25, -0.2) is 14.4 Å². The number of hydrogen-bond acceptors (Lipinski definition) is 11. The van der Waals surface area contributed by atoms with Crippen LogP contribution in [0.1, 0.15) is 93.4 Å². The number of nitrogens with one attached hydrogen (secondary N) is 4. The molecule has 2 aromatic rings. The fraction of sp³-hybridized carbons (Fsp3) is 0.548. The number of amides is 4. The summed E-state index contributed by atoms with van der Waals surface area (Å²) in [7, 11) is 1.89. The van der Waals surface area contributed by atoms with Crippen LogP contribution in [0.4, 0.5) is 4.79 Å². The van der Waals surface area contributed by atoms with Crippen LogP contribution in [0.3, 0.4) is 0 Å². The summed E-state index contributed by atoms with van der Waals surface area (Å²) in [6.07, 6.45) is 3.58. The lowest BCUT2D eigenvalue weighted by Gasteiger charge is -2.25. The maximum atomic E-state index is 12.5. The average Bonchev–Trinajstić information content (AvgIpc) is 3.19. The molecule has 0 fully saturated rings. The number of carboxylic acid groups (broad SMARTS) is 4. The highest BCUT2D eigenvalue weighted by Crippen LogP contribution is 2.23. The van der Waals surface area contributed by atoms with Crippen LogP contribution in [-0.2, 0) is 54.7 Å². The molecule has 0 aliphatic heterocycles. The number of unbranched alkanes of at least 4 members (excludes halogenated alkanes) is 3. The minimum atomic E-state index is -1.50. The molecule has 2 rings (SSSR count). The van der Waals surface area contributed by atoms with Gasteiger partial charge in [-0.05, 0) is 81.7 Å². The van der Waals surface area contributed by atoms with Crippen molar-refractivity contribution in [3.8, 4) is 11.5 Å². The summed E-state index contributed by atoms with van der Waals surface area (Å²) < 4.78 is 0. The second-order valence-corrected chi connectivity index (χ2v) is 15.0. The molecule has 2 aromatic carbocycles. The van der Waals surface area contributed by atoms with Crippen molar-refractivity contribution in [3.05, 3.63) is 58.7 Å². The number of aromatic hydroxyl groups is 2. The zero-order valence-corrected chi connectivity index (χ0v) is 35.0. The lowest BCUT2D eigenvalue weighted by atomic mass is 10.0. The zero-order valence-electron chi connectivity index (χ0n) is 35.0. The summed E-state index contributed by atoms with van der Waals surface area (Å²) in [5.74, 6) is -5.12. The third kappa shape index (κ3) is 21.8. The van der Waals surface area contributed by atoms with Gasteiger partial charge < -0.3 is 56.8 Å². The van der Waals surface area contributed by atoms with Crippen LogP contribution in [0, 0.1) is 0 Å². The number of carboxylic acids is 4. The van der Waals surface area contributed by atoms with Crippen LogP contribution in [-0.4, -0.2) is 134 Å². The fourth-order valence-electron chi connectivity index (χ4n) is 6.33. The molecule has 0 bridgehead atoms. The van der Waals surface area contributed by atoms with Gasteiger partial charge in [0, 0.05) is 69.7 Å². The third-order valence-corrected chi connectivity index (χ3v) is 9.83. The van der Waals surface area contributed by atoms with E-state index in [2.05, 4.69) is 21.3 Å². The summed E-state index contributed by atoms with van der Waals surface area (Å²) in [6.45, 7) is 4.11. The quantitative estimate of drug-likeness (QED) is 0.0488. The van der Waals surface area contributed by atoms with Crippen molar-refractivity contribution >= 4 is 41.7 Å². The molecule has 10 N–H and O–H groups in total. The lowest BCUT2D eigenvalue weighted by Crippen LogP contribution is -2.51. The molecule has 0 aliphatic rings. The molecule has 0 aromatic heterocycles. The highest BCUT2D eigenvalue weighted by atomic mass is 16.4. The van der Waals surface area contributed by atoms with E-state index in [0.717, 1.165) is 23.1 Å². The Morgan fingerprint density at radius 2 is 1.18 bits per heavy atom. The fourth-order valence-corrected chi connectivity index (χ4v) is 6.33. The van der Waals surface area contributed by atoms with Crippen molar-refractivity contribution in [1.82, 2.24) is 31.1 Å². The number of nitrogens with zero attached hydrogens (tertiary/aromatic N) is 2. The Labute approximate surface area is 355 Å². The van der Waals surface area contributed by atoms with E-state index in [1.54, 1.807) is 29.2 Å². The van der Waals surface area contributed by atoms with E-state index in [9.17, 15) is 54.0 Å². The number of benzene rings is 2. The van der Waals surface area contributed by atoms with Gasteiger partial charge in [-0.1, -0.05) is 37.6 Å². The SMILES string of the molecule is CCc1ccc(O)c(CN(C)CCN(CC(=O)O)Cc2cc(CCC(=O)NCCCCCC(=O)NCCCC[C@H](NC(=O)N[C@@H](CCC(=O)O)C(=O)O)C(=O)O)ccc2O)c1. The van der Waals surface area contributed by atoms with Crippen molar-refractivity contribution in [2.45, 2.75) is 109 Å². The number of phenolic OH excluding ortho intramolecular Hbond substituents is 2. The first-order chi connectivity index (χ1) is 29.0. The Kier molecular flexibility index (Phi) is 23.3. The highest BCUT2D eigenvalue weighted by Gasteiger charge is 2.25. The molecule has 0 heterocycles. The summed E-state index contributed by atoms with van der Waals surface area (Å²) in [5.41, 5.74) is 3.26. The van der Waals surface area contributed by atoms with E-state index in [-0.39, 0.29) is 68.6 Å². The van der Waals surface area contributed by atoms with Crippen molar-refractivity contribution in [2.24, 2.45) is 0 Å². The Bertz CT molecular complexity index is 1770. The van der Waals surface area contributed by atoms with E-state index < -0.39 is 48.4 Å².